The number of fused-ring (bicyclic) bond motifs is 1. The Balaban J connectivity index is 2.04. The topological polar surface area (TPSA) is 56.2 Å². The smallest absolute Gasteiger partial charge is 0.255 e. The molecule has 2 aliphatic rings. The fourth-order valence-electron chi connectivity index (χ4n) is 3.75. The van der Waals surface area contributed by atoms with Gasteiger partial charge in [0.25, 0.3) is 5.91 Å². The summed E-state index contributed by atoms with van der Waals surface area (Å²) in [6.07, 6.45) is 3.74. The molecule has 128 valence electrons. The first-order chi connectivity index (χ1) is 10.8. The van der Waals surface area contributed by atoms with Gasteiger partial charge in [-0.25, -0.2) is 0 Å². The van der Waals surface area contributed by atoms with Crippen LogP contribution in [0.5, 0.6) is 0 Å². The highest BCUT2D eigenvalue weighted by Crippen LogP contribution is 2.37. The van der Waals surface area contributed by atoms with Gasteiger partial charge < -0.3 is 10.1 Å². The summed E-state index contributed by atoms with van der Waals surface area (Å²) in [6, 6.07) is 0. The predicted octanol–water partition coefficient (Wildman–Crippen LogP) is 2.57. The molecule has 1 aromatic heterocycles. The van der Waals surface area contributed by atoms with Crippen LogP contribution >= 0.6 is 0 Å². The van der Waals surface area contributed by atoms with Gasteiger partial charge in [-0.05, 0) is 36.5 Å². The summed E-state index contributed by atoms with van der Waals surface area (Å²) in [5, 5.41) is 7.95. The van der Waals surface area contributed by atoms with Crippen molar-refractivity contribution in [2.24, 2.45) is 10.8 Å². The van der Waals surface area contributed by atoms with Gasteiger partial charge in [-0.2, -0.15) is 5.10 Å². The monoisotopic (exact) mass is 319 g/mol. The van der Waals surface area contributed by atoms with Crippen LogP contribution in [0.1, 0.15) is 62.3 Å². The molecule has 0 unspecified atom stereocenters. The van der Waals surface area contributed by atoms with E-state index in [0.717, 1.165) is 68.9 Å². The molecule has 2 aliphatic heterocycles. The largest absolute Gasteiger partial charge is 0.381 e. The molecule has 1 saturated heterocycles. The van der Waals surface area contributed by atoms with Crippen molar-refractivity contribution in [2.75, 3.05) is 19.8 Å². The quantitative estimate of drug-likeness (QED) is 0.911. The number of ether oxygens (including phenoxy) is 1. The van der Waals surface area contributed by atoms with Gasteiger partial charge in [-0.15, -0.1) is 0 Å². The third kappa shape index (κ3) is 3.30. The summed E-state index contributed by atoms with van der Waals surface area (Å²) in [4.78, 5) is 12.7. The van der Waals surface area contributed by atoms with Crippen molar-refractivity contribution >= 4 is 5.91 Å². The summed E-state index contributed by atoms with van der Waals surface area (Å²) in [6.45, 7) is 11.9. The van der Waals surface area contributed by atoms with Crippen LogP contribution in [0.25, 0.3) is 0 Å². The molecular weight excluding hydrogens is 290 g/mol. The molecule has 1 N–H and O–H groups in total. The lowest BCUT2D eigenvalue weighted by Gasteiger charge is -2.36. The second kappa shape index (κ2) is 5.93. The Morgan fingerprint density at radius 1 is 1.30 bits per heavy atom. The van der Waals surface area contributed by atoms with Crippen LogP contribution in [-0.2, 0) is 24.1 Å². The number of aromatic nitrogens is 2. The van der Waals surface area contributed by atoms with E-state index in [9.17, 15) is 4.79 Å². The molecule has 0 saturated carbocycles. The number of carbonyl (C=O) groups is 1. The molecule has 1 spiro atoms. The van der Waals surface area contributed by atoms with Gasteiger partial charge in [0.2, 0.25) is 0 Å². The number of hydrogen-bond donors (Lipinski definition) is 1. The molecule has 0 aliphatic carbocycles. The van der Waals surface area contributed by atoms with Crippen molar-refractivity contribution in [2.45, 2.75) is 59.9 Å². The van der Waals surface area contributed by atoms with Crippen molar-refractivity contribution in [3.8, 4) is 0 Å². The fraction of sp³-hybridized carbons (Fsp3) is 0.778. The average Bonchev–Trinajstić information content (AvgIpc) is 2.74. The molecule has 0 radical (unpaired) electrons. The number of hydrogen-bond acceptors (Lipinski definition) is 3. The number of amides is 1. The van der Waals surface area contributed by atoms with Gasteiger partial charge in [-0.1, -0.05) is 27.7 Å². The lowest BCUT2D eigenvalue weighted by molar-refractivity contribution is 0.0151. The lowest BCUT2D eigenvalue weighted by atomic mass is 9.76. The Bertz CT molecular complexity index is 592. The molecule has 1 aromatic rings. The van der Waals surface area contributed by atoms with Crippen LogP contribution in [-0.4, -0.2) is 35.4 Å². The Kier molecular flexibility index (Phi) is 4.25. The van der Waals surface area contributed by atoms with Gasteiger partial charge in [0.1, 0.15) is 0 Å². The Morgan fingerprint density at radius 2 is 2.00 bits per heavy atom. The van der Waals surface area contributed by atoms with Gasteiger partial charge in [0, 0.05) is 26.3 Å². The summed E-state index contributed by atoms with van der Waals surface area (Å²) in [5.74, 6) is 0.0559. The van der Waals surface area contributed by atoms with Crippen LogP contribution in [0.4, 0.5) is 0 Å². The first kappa shape index (κ1) is 16.5. The van der Waals surface area contributed by atoms with E-state index in [4.69, 9.17) is 9.84 Å². The number of aryl methyl sites for hydroxylation is 1. The minimum Gasteiger partial charge on any atom is -0.381 e. The van der Waals surface area contributed by atoms with E-state index in [1.165, 1.54) is 0 Å². The predicted molar refractivity (Wildman–Crippen MR) is 89.6 cm³/mol. The fourth-order valence-corrected chi connectivity index (χ4v) is 3.75. The molecule has 5 nitrogen and oxygen atoms in total. The first-order valence-electron chi connectivity index (χ1n) is 8.78. The van der Waals surface area contributed by atoms with Crippen molar-refractivity contribution < 1.29 is 9.53 Å². The van der Waals surface area contributed by atoms with Crippen LogP contribution in [0.3, 0.4) is 0 Å². The minimum absolute atomic E-state index is 0.0559. The molecule has 1 amide bonds. The molecule has 0 bridgehead atoms. The highest BCUT2D eigenvalue weighted by atomic mass is 16.5. The van der Waals surface area contributed by atoms with E-state index in [1.807, 2.05) is 0 Å². The molecule has 1 fully saturated rings. The average molecular weight is 319 g/mol. The van der Waals surface area contributed by atoms with Crippen LogP contribution in [0.2, 0.25) is 0 Å². The lowest BCUT2D eigenvalue weighted by Crippen LogP contribution is -2.41. The zero-order valence-corrected chi connectivity index (χ0v) is 14.9. The Hall–Kier alpha value is -1.36. The summed E-state index contributed by atoms with van der Waals surface area (Å²) in [5.41, 5.74) is 3.16. The van der Waals surface area contributed by atoms with Gasteiger partial charge in [0.15, 0.2) is 0 Å². The molecule has 23 heavy (non-hydrogen) atoms. The van der Waals surface area contributed by atoms with Crippen molar-refractivity contribution in [1.82, 2.24) is 15.1 Å². The third-order valence-electron chi connectivity index (χ3n) is 5.04. The van der Waals surface area contributed by atoms with E-state index >= 15 is 0 Å². The minimum atomic E-state index is 0.0559. The van der Waals surface area contributed by atoms with E-state index < -0.39 is 0 Å². The van der Waals surface area contributed by atoms with Crippen LogP contribution in [0, 0.1) is 10.8 Å². The second-order valence-corrected chi connectivity index (χ2v) is 8.31. The van der Waals surface area contributed by atoms with Crippen molar-refractivity contribution in [3.05, 3.63) is 17.0 Å². The van der Waals surface area contributed by atoms with Gasteiger partial charge in [0.05, 0.1) is 17.0 Å². The second-order valence-electron chi connectivity index (χ2n) is 8.31. The highest BCUT2D eigenvalue weighted by molar-refractivity contribution is 5.97. The Labute approximate surface area is 138 Å². The summed E-state index contributed by atoms with van der Waals surface area (Å²) >= 11 is 0. The van der Waals surface area contributed by atoms with E-state index in [-0.39, 0.29) is 16.7 Å². The standard InChI is InChI=1S/C18H29N3O2/c1-5-13-15-14(21(20-13)12-17(2,3)4)10-18(11-19-16(15)22)6-8-23-9-7-18/h5-12H2,1-4H3,(H,19,22). The van der Waals surface area contributed by atoms with Crippen molar-refractivity contribution in [1.29, 1.82) is 0 Å². The molecule has 0 aromatic carbocycles. The molecule has 3 heterocycles. The molecule has 0 atom stereocenters. The summed E-state index contributed by atoms with van der Waals surface area (Å²) in [7, 11) is 0. The zero-order valence-electron chi connectivity index (χ0n) is 14.9. The first-order valence-corrected chi connectivity index (χ1v) is 8.78. The normalized spacial score (nSPS) is 21.0. The van der Waals surface area contributed by atoms with E-state index in [2.05, 4.69) is 37.7 Å². The number of nitrogens with one attached hydrogen (secondary N) is 1. The zero-order chi connectivity index (χ0) is 16.7. The molecule has 3 rings (SSSR count). The molecular formula is C18H29N3O2. The van der Waals surface area contributed by atoms with Crippen molar-refractivity contribution in [3.63, 3.8) is 0 Å². The van der Waals surface area contributed by atoms with Crippen LogP contribution < -0.4 is 5.32 Å². The maximum Gasteiger partial charge on any atom is 0.255 e. The maximum atomic E-state index is 12.7. The van der Waals surface area contributed by atoms with E-state index in [0.29, 0.717) is 0 Å². The van der Waals surface area contributed by atoms with Crippen LogP contribution in [0.15, 0.2) is 0 Å². The number of rotatable bonds is 2. The SMILES string of the molecule is CCc1nn(CC(C)(C)C)c2c1C(=O)NCC1(CCOCC1)C2. The Morgan fingerprint density at radius 3 is 2.61 bits per heavy atom. The van der Waals surface area contributed by atoms with Gasteiger partial charge >= 0.3 is 0 Å². The third-order valence-corrected chi connectivity index (χ3v) is 5.04. The number of carbonyl (C=O) groups excluding carboxylic acids is 1. The maximum absolute atomic E-state index is 12.7. The van der Waals surface area contributed by atoms with Gasteiger partial charge in [-0.3, -0.25) is 9.48 Å². The summed E-state index contributed by atoms with van der Waals surface area (Å²) < 4.78 is 7.66. The number of nitrogens with zero attached hydrogens (tertiary/aromatic N) is 2. The molecule has 5 heteroatoms. The highest BCUT2D eigenvalue weighted by Gasteiger charge is 2.39. The van der Waals surface area contributed by atoms with E-state index in [1.54, 1.807) is 0 Å².